The number of ether oxygens (including phenoxy) is 1. The standard InChI is InChI=1S/C14H21NO2S/c1-3-17-12-6-4-5-11(9-12)14(16)13-10-18-8-7-15(13)2/h4-6,9,13-14,16H,3,7-8,10H2,1-2H3. The van der Waals surface area contributed by atoms with Crippen molar-refractivity contribution in [3.8, 4) is 5.75 Å². The third-order valence-electron chi connectivity index (χ3n) is 3.32. The van der Waals surface area contributed by atoms with Gasteiger partial charge in [-0.3, -0.25) is 4.90 Å². The van der Waals surface area contributed by atoms with Crippen molar-refractivity contribution in [2.45, 2.75) is 19.1 Å². The van der Waals surface area contributed by atoms with Crippen LogP contribution in [-0.4, -0.2) is 47.8 Å². The van der Waals surface area contributed by atoms with Crippen LogP contribution in [0.5, 0.6) is 5.75 Å². The molecule has 0 aliphatic carbocycles. The normalized spacial score (nSPS) is 22.7. The van der Waals surface area contributed by atoms with E-state index in [1.54, 1.807) is 0 Å². The van der Waals surface area contributed by atoms with E-state index >= 15 is 0 Å². The van der Waals surface area contributed by atoms with E-state index < -0.39 is 6.10 Å². The number of hydrogen-bond donors (Lipinski definition) is 1. The molecule has 0 saturated carbocycles. The lowest BCUT2D eigenvalue weighted by Crippen LogP contribution is -2.43. The van der Waals surface area contributed by atoms with Gasteiger partial charge in [0, 0.05) is 24.1 Å². The number of aliphatic hydroxyl groups excluding tert-OH is 1. The van der Waals surface area contributed by atoms with Crippen LogP contribution in [0.4, 0.5) is 0 Å². The Morgan fingerprint density at radius 1 is 1.56 bits per heavy atom. The van der Waals surface area contributed by atoms with Gasteiger partial charge in [0.25, 0.3) is 0 Å². The number of likely N-dealkylation sites (N-methyl/N-ethyl adjacent to an activating group) is 1. The zero-order valence-electron chi connectivity index (χ0n) is 11.0. The molecule has 2 rings (SSSR count). The summed E-state index contributed by atoms with van der Waals surface area (Å²) in [5.74, 6) is 2.97. The van der Waals surface area contributed by atoms with Crippen LogP contribution in [0, 0.1) is 0 Å². The molecule has 0 aromatic heterocycles. The van der Waals surface area contributed by atoms with Crippen molar-refractivity contribution in [1.29, 1.82) is 0 Å². The zero-order chi connectivity index (χ0) is 13.0. The van der Waals surface area contributed by atoms with Crippen molar-refractivity contribution in [1.82, 2.24) is 4.90 Å². The van der Waals surface area contributed by atoms with Crippen LogP contribution in [0.3, 0.4) is 0 Å². The first-order valence-electron chi connectivity index (χ1n) is 6.41. The van der Waals surface area contributed by atoms with E-state index in [4.69, 9.17) is 4.74 Å². The SMILES string of the molecule is CCOc1cccc(C(O)C2CSCCN2C)c1. The summed E-state index contributed by atoms with van der Waals surface area (Å²) in [5.41, 5.74) is 0.945. The molecule has 1 heterocycles. The summed E-state index contributed by atoms with van der Waals surface area (Å²) >= 11 is 1.91. The van der Waals surface area contributed by atoms with Crippen molar-refractivity contribution in [2.24, 2.45) is 0 Å². The summed E-state index contributed by atoms with van der Waals surface area (Å²) in [6.07, 6.45) is -0.441. The topological polar surface area (TPSA) is 32.7 Å². The second-order valence-corrected chi connectivity index (χ2v) is 5.72. The van der Waals surface area contributed by atoms with E-state index in [2.05, 4.69) is 11.9 Å². The molecule has 1 aromatic rings. The largest absolute Gasteiger partial charge is 0.494 e. The molecule has 1 fully saturated rings. The van der Waals surface area contributed by atoms with E-state index in [1.165, 1.54) is 0 Å². The van der Waals surface area contributed by atoms with Gasteiger partial charge in [-0.15, -0.1) is 0 Å². The molecule has 1 saturated heterocycles. The van der Waals surface area contributed by atoms with Gasteiger partial charge in [0.15, 0.2) is 0 Å². The van der Waals surface area contributed by atoms with Crippen LogP contribution in [-0.2, 0) is 0 Å². The molecule has 0 bridgehead atoms. The number of thioether (sulfide) groups is 1. The third kappa shape index (κ3) is 3.19. The molecule has 4 heteroatoms. The summed E-state index contributed by atoms with van der Waals surface area (Å²) in [7, 11) is 2.08. The first-order chi connectivity index (χ1) is 8.72. The van der Waals surface area contributed by atoms with Gasteiger partial charge >= 0.3 is 0 Å². The molecule has 1 N–H and O–H groups in total. The Bertz CT molecular complexity index is 386. The minimum atomic E-state index is -0.441. The van der Waals surface area contributed by atoms with Gasteiger partial charge in [-0.05, 0) is 31.7 Å². The van der Waals surface area contributed by atoms with E-state index in [-0.39, 0.29) is 6.04 Å². The summed E-state index contributed by atoms with van der Waals surface area (Å²) in [4.78, 5) is 2.24. The number of nitrogens with zero attached hydrogens (tertiary/aromatic N) is 1. The summed E-state index contributed by atoms with van der Waals surface area (Å²) in [6.45, 7) is 3.66. The van der Waals surface area contributed by atoms with Crippen LogP contribution in [0.2, 0.25) is 0 Å². The number of benzene rings is 1. The Hall–Kier alpha value is -0.710. The van der Waals surface area contributed by atoms with Gasteiger partial charge in [-0.25, -0.2) is 0 Å². The molecule has 1 aliphatic heterocycles. The zero-order valence-corrected chi connectivity index (χ0v) is 11.8. The lowest BCUT2D eigenvalue weighted by Gasteiger charge is -2.35. The summed E-state index contributed by atoms with van der Waals surface area (Å²) < 4.78 is 5.48. The maximum Gasteiger partial charge on any atom is 0.119 e. The fraction of sp³-hybridized carbons (Fsp3) is 0.571. The Kier molecular flexibility index (Phi) is 4.92. The highest BCUT2D eigenvalue weighted by molar-refractivity contribution is 7.99. The lowest BCUT2D eigenvalue weighted by atomic mass is 10.0. The van der Waals surface area contributed by atoms with Gasteiger partial charge in [-0.2, -0.15) is 11.8 Å². The van der Waals surface area contributed by atoms with Crippen molar-refractivity contribution >= 4 is 11.8 Å². The van der Waals surface area contributed by atoms with Crippen molar-refractivity contribution in [3.05, 3.63) is 29.8 Å². The molecular weight excluding hydrogens is 246 g/mol. The Labute approximate surface area is 113 Å². The average Bonchev–Trinajstić information content (AvgIpc) is 2.39. The monoisotopic (exact) mass is 267 g/mol. The van der Waals surface area contributed by atoms with Crippen LogP contribution < -0.4 is 4.74 Å². The molecular formula is C14H21NO2S. The summed E-state index contributed by atoms with van der Waals surface area (Å²) in [5, 5.41) is 10.5. The number of hydrogen-bond acceptors (Lipinski definition) is 4. The molecule has 3 nitrogen and oxygen atoms in total. The minimum Gasteiger partial charge on any atom is -0.494 e. The quantitative estimate of drug-likeness (QED) is 0.906. The van der Waals surface area contributed by atoms with E-state index in [0.29, 0.717) is 6.61 Å². The minimum absolute atomic E-state index is 0.195. The van der Waals surface area contributed by atoms with Crippen LogP contribution >= 0.6 is 11.8 Å². The maximum absolute atomic E-state index is 10.5. The Morgan fingerprint density at radius 3 is 3.11 bits per heavy atom. The third-order valence-corrected chi connectivity index (χ3v) is 4.37. The van der Waals surface area contributed by atoms with E-state index in [9.17, 15) is 5.11 Å². The fourth-order valence-electron chi connectivity index (χ4n) is 2.21. The lowest BCUT2D eigenvalue weighted by molar-refractivity contribution is 0.0756. The van der Waals surface area contributed by atoms with Crippen molar-refractivity contribution in [3.63, 3.8) is 0 Å². The second-order valence-electron chi connectivity index (χ2n) is 4.57. The molecule has 18 heavy (non-hydrogen) atoms. The predicted octanol–water partition coefficient (Wildman–Crippen LogP) is 2.17. The molecule has 2 unspecified atom stereocenters. The van der Waals surface area contributed by atoms with Gasteiger partial charge < -0.3 is 9.84 Å². The first kappa shape index (κ1) is 13.7. The van der Waals surface area contributed by atoms with Crippen LogP contribution in [0.1, 0.15) is 18.6 Å². The van der Waals surface area contributed by atoms with E-state index in [1.807, 2.05) is 43.0 Å². The smallest absolute Gasteiger partial charge is 0.119 e. The molecule has 0 radical (unpaired) electrons. The van der Waals surface area contributed by atoms with Crippen LogP contribution in [0.25, 0.3) is 0 Å². The van der Waals surface area contributed by atoms with Gasteiger partial charge in [0.1, 0.15) is 5.75 Å². The van der Waals surface area contributed by atoms with E-state index in [0.717, 1.165) is 29.4 Å². The van der Waals surface area contributed by atoms with Gasteiger partial charge in [-0.1, -0.05) is 12.1 Å². The Morgan fingerprint density at radius 2 is 2.39 bits per heavy atom. The average molecular weight is 267 g/mol. The molecule has 0 amide bonds. The fourth-order valence-corrected chi connectivity index (χ4v) is 3.48. The predicted molar refractivity (Wildman–Crippen MR) is 76.3 cm³/mol. The highest BCUT2D eigenvalue weighted by Crippen LogP contribution is 2.28. The molecule has 0 spiro atoms. The van der Waals surface area contributed by atoms with Gasteiger partial charge in [0.2, 0.25) is 0 Å². The molecule has 1 aliphatic rings. The molecule has 100 valence electrons. The highest BCUT2D eigenvalue weighted by atomic mass is 32.2. The van der Waals surface area contributed by atoms with Gasteiger partial charge in [0.05, 0.1) is 12.7 Å². The molecule has 2 atom stereocenters. The van der Waals surface area contributed by atoms with Crippen molar-refractivity contribution < 1.29 is 9.84 Å². The second kappa shape index (κ2) is 6.45. The van der Waals surface area contributed by atoms with Crippen molar-refractivity contribution in [2.75, 3.05) is 31.7 Å². The highest BCUT2D eigenvalue weighted by Gasteiger charge is 2.27. The maximum atomic E-state index is 10.5. The molecule has 1 aromatic carbocycles. The first-order valence-corrected chi connectivity index (χ1v) is 7.56. The van der Waals surface area contributed by atoms with Crippen LogP contribution in [0.15, 0.2) is 24.3 Å². The summed E-state index contributed by atoms with van der Waals surface area (Å²) in [6, 6.07) is 7.99. The number of rotatable bonds is 4. The number of aliphatic hydroxyl groups is 1. The Balaban J connectivity index is 2.11.